The van der Waals surface area contributed by atoms with Gasteiger partial charge in [0.2, 0.25) is 0 Å². The molecule has 0 amide bonds. The zero-order valence-corrected chi connectivity index (χ0v) is 10.9. The van der Waals surface area contributed by atoms with Gasteiger partial charge in [0.15, 0.2) is 0 Å². The van der Waals surface area contributed by atoms with Crippen LogP contribution in [0.2, 0.25) is 0 Å². The van der Waals surface area contributed by atoms with Crippen molar-refractivity contribution in [3.8, 4) is 0 Å². The SMILES string of the molecule is CC(C)c1csc(CC(N)c2ccccn2)n1. The van der Waals surface area contributed by atoms with E-state index in [9.17, 15) is 0 Å². The van der Waals surface area contributed by atoms with Gasteiger partial charge in [-0.1, -0.05) is 19.9 Å². The lowest BCUT2D eigenvalue weighted by atomic mass is 10.1. The Kier molecular flexibility index (Phi) is 3.86. The Hall–Kier alpha value is -1.26. The topological polar surface area (TPSA) is 51.8 Å². The van der Waals surface area contributed by atoms with Crippen LogP contribution in [0.1, 0.15) is 42.2 Å². The summed E-state index contributed by atoms with van der Waals surface area (Å²) in [6.45, 7) is 4.30. The van der Waals surface area contributed by atoms with Gasteiger partial charge in [0.25, 0.3) is 0 Å². The largest absolute Gasteiger partial charge is 0.322 e. The molecule has 0 aliphatic rings. The van der Waals surface area contributed by atoms with Crippen molar-refractivity contribution in [1.29, 1.82) is 0 Å². The van der Waals surface area contributed by atoms with Crippen molar-refractivity contribution >= 4 is 11.3 Å². The fourth-order valence-corrected chi connectivity index (χ4v) is 2.59. The molecule has 0 aliphatic heterocycles. The van der Waals surface area contributed by atoms with Crippen LogP contribution in [0.5, 0.6) is 0 Å². The van der Waals surface area contributed by atoms with E-state index >= 15 is 0 Å². The zero-order chi connectivity index (χ0) is 12.3. The van der Waals surface area contributed by atoms with Crippen molar-refractivity contribution in [2.24, 2.45) is 5.73 Å². The lowest BCUT2D eigenvalue weighted by molar-refractivity contribution is 0.688. The Morgan fingerprint density at radius 2 is 2.12 bits per heavy atom. The van der Waals surface area contributed by atoms with Crippen molar-refractivity contribution in [2.45, 2.75) is 32.2 Å². The smallest absolute Gasteiger partial charge is 0.0947 e. The van der Waals surface area contributed by atoms with Crippen molar-refractivity contribution < 1.29 is 0 Å². The highest BCUT2D eigenvalue weighted by atomic mass is 32.1. The Balaban J connectivity index is 2.05. The molecule has 17 heavy (non-hydrogen) atoms. The fraction of sp³-hybridized carbons (Fsp3) is 0.385. The van der Waals surface area contributed by atoms with E-state index in [1.165, 1.54) is 0 Å². The van der Waals surface area contributed by atoms with Gasteiger partial charge in [-0.25, -0.2) is 4.98 Å². The van der Waals surface area contributed by atoms with E-state index < -0.39 is 0 Å². The Bertz CT molecular complexity index is 465. The number of rotatable bonds is 4. The van der Waals surface area contributed by atoms with Crippen molar-refractivity contribution in [2.75, 3.05) is 0 Å². The molecule has 90 valence electrons. The maximum Gasteiger partial charge on any atom is 0.0947 e. The third-order valence-electron chi connectivity index (χ3n) is 2.62. The first kappa shape index (κ1) is 12.2. The first-order valence-corrected chi connectivity index (χ1v) is 6.65. The quantitative estimate of drug-likeness (QED) is 0.903. The fourth-order valence-electron chi connectivity index (χ4n) is 1.57. The predicted molar refractivity (Wildman–Crippen MR) is 71.1 cm³/mol. The second-order valence-corrected chi connectivity index (χ2v) is 5.33. The van der Waals surface area contributed by atoms with Gasteiger partial charge in [-0.2, -0.15) is 0 Å². The molecular formula is C13H17N3S. The number of hydrogen-bond acceptors (Lipinski definition) is 4. The van der Waals surface area contributed by atoms with Crippen LogP contribution in [-0.4, -0.2) is 9.97 Å². The highest BCUT2D eigenvalue weighted by Crippen LogP contribution is 2.21. The highest BCUT2D eigenvalue weighted by molar-refractivity contribution is 7.09. The van der Waals surface area contributed by atoms with Crippen molar-refractivity contribution in [1.82, 2.24) is 9.97 Å². The molecule has 2 N–H and O–H groups in total. The number of pyridine rings is 1. The summed E-state index contributed by atoms with van der Waals surface area (Å²) in [4.78, 5) is 8.85. The van der Waals surface area contributed by atoms with Gasteiger partial charge < -0.3 is 5.73 Å². The Morgan fingerprint density at radius 3 is 2.71 bits per heavy atom. The molecule has 2 aromatic rings. The van der Waals surface area contributed by atoms with Crippen LogP contribution in [-0.2, 0) is 6.42 Å². The Labute approximate surface area is 106 Å². The zero-order valence-electron chi connectivity index (χ0n) is 10.1. The summed E-state index contributed by atoms with van der Waals surface area (Å²) < 4.78 is 0. The van der Waals surface area contributed by atoms with Gasteiger partial charge in [0.1, 0.15) is 0 Å². The van der Waals surface area contributed by atoms with Crippen LogP contribution in [0.15, 0.2) is 29.8 Å². The molecule has 0 saturated heterocycles. The van der Waals surface area contributed by atoms with E-state index in [4.69, 9.17) is 5.73 Å². The van der Waals surface area contributed by atoms with Crippen LogP contribution in [0.3, 0.4) is 0 Å². The number of thiazole rings is 1. The van der Waals surface area contributed by atoms with E-state index in [0.717, 1.165) is 22.8 Å². The molecule has 0 fully saturated rings. The number of nitrogens with two attached hydrogens (primary N) is 1. The summed E-state index contributed by atoms with van der Waals surface area (Å²) in [7, 11) is 0. The monoisotopic (exact) mass is 247 g/mol. The van der Waals surface area contributed by atoms with Crippen LogP contribution in [0.25, 0.3) is 0 Å². The minimum atomic E-state index is -0.0673. The van der Waals surface area contributed by atoms with Gasteiger partial charge in [0, 0.05) is 18.0 Å². The average Bonchev–Trinajstić information content (AvgIpc) is 2.79. The summed E-state index contributed by atoms with van der Waals surface area (Å²) in [5.74, 6) is 0.478. The number of nitrogens with zero attached hydrogens (tertiary/aromatic N) is 2. The maximum atomic E-state index is 6.12. The minimum Gasteiger partial charge on any atom is -0.322 e. The van der Waals surface area contributed by atoms with Crippen molar-refractivity contribution in [3.05, 3.63) is 46.2 Å². The van der Waals surface area contributed by atoms with Crippen molar-refractivity contribution in [3.63, 3.8) is 0 Å². The summed E-state index contributed by atoms with van der Waals surface area (Å²) in [6, 6.07) is 5.75. The standard InChI is InChI=1S/C13H17N3S/c1-9(2)12-8-17-13(16-12)7-10(14)11-5-3-4-6-15-11/h3-6,8-10H,7,14H2,1-2H3. The lowest BCUT2D eigenvalue weighted by Crippen LogP contribution is -2.14. The normalized spacial score (nSPS) is 12.9. The number of hydrogen-bond donors (Lipinski definition) is 1. The molecule has 0 aliphatic carbocycles. The van der Waals surface area contributed by atoms with Crippen LogP contribution < -0.4 is 5.73 Å². The highest BCUT2D eigenvalue weighted by Gasteiger charge is 2.12. The van der Waals surface area contributed by atoms with E-state index in [0.29, 0.717) is 5.92 Å². The maximum absolute atomic E-state index is 6.12. The number of aromatic nitrogens is 2. The van der Waals surface area contributed by atoms with E-state index in [1.54, 1.807) is 17.5 Å². The van der Waals surface area contributed by atoms with E-state index in [-0.39, 0.29) is 6.04 Å². The first-order valence-electron chi connectivity index (χ1n) is 5.77. The summed E-state index contributed by atoms with van der Waals surface area (Å²) in [5, 5.41) is 3.21. The second-order valence-electron chi connectivity index (χ2n) is 4.39. The summed E-state index contributed by atoms with van der Waals surface area (Å²) >= 11 is 1.68. The average molecular weight is 247 g/mol. The lowest BCUT2D eigenvalue weighted by Gasteiger charge is -2.08. The molecule has 3 nitrogen and oxygen atoms in total. The molecular weight excluding hydrogens is 230 g/mol. The van der Waals surface area contributed by atoms with E-state index in [2.05, 4.69) is 29.2 Å². The molecule has 1 unspecified atom stereocenters. The van der Waals surface area contributed by atoms with E-state index in [1.807, 2.05) is 18.2 Å². The molecule has 0 radical (unpaired) electrons. The molecule has 0 spiro atoms. The molecule has 2 heterocycles. The third kappa shape index (κ3) is 3.11. The van der Waals surface area contributed by atoms with Gasteiger partial charge in [-0.15, -0.1) is 11.3 Å². The second kappa shape index (κ2) is 5.38. The van der Waals surface area contributed by atoms with Gasteiger partial charge in [0.05, 0.1) is 22.4 Å². The molecule has 2 rings (SSSR count). The molecule has 4 heteroatoms. The molecule has 0 aromatic carbocycles. The van der Waals surface area contributed by atoms with Gasteiger partial charge in [-0.05, 0) is 18.1 Å². The molecule has 0 bridgehead atoms. The molecule has 0 saturated carbocycles. The van der Waals surface area contributed by atoms with Gasteiger partial charge in [-0.3, -0.25) is 4.98 Å². The predicted octanol–water partition coefficient (Wildman–Crippen LogP) is 2.90. The minimum absolute atomic E-state index is 0.0673. The summed E-state index contributed by atoms with van der Waals surface area (Å²) in [6.07, 6.45) is 2.53. The summed E-state index contributed by atoms with van der Waals surface area (Å²) in [5.41, 5.74) is 8.19. The van der Waals surface area contributed by atoms with Crippen LogP contribution in [0, 0.1) is 0 Å². The Morgan fingerprint density at radius 1 is 1.29 bits per heavy atom. The van der Waals surface area contributed by atoms with Gasteiger partial charge >= 0.3 is 0 Å². The molecule has 1 atom stereocenters. The molecule has 2 aromatic heterocycles. The first-order chi connectivity index (χ1) is 8.16. The third-order valence-corrected chi connectivity index (χ3v) is 3.51. The van der Waals surface area contributed by atoms with Crippen LogP contribution in [0.4, 0.5) is 0 Å². The van der Waals surface area contributed by atoms with Crippen LogP contribution >= 0.6 is 11.3 Å².